The summed E-state index contributed by atoms with van der Waals surface area (Å²) in [6.07, 6.45) is 6.16. The predicted octanol–water partition coefficient (Wildman–Crippen LogP) is 3.18. The molecule has 3 rings (SSSR count). The molecule has 0 radical (unpaired) electrons. The zero-order valence-electron chi connectivity index (χ0n) is 19.1. The zero-order valence-corrected chi connectivity index (χ0v) is 19.1. The van der Waals surface area contributed by atoms with Crippen molar-refractivity contribution in [1.29, 1.82) is 0 Å². The highest BCUT2D eigenvalue weighted by molar-refractivity contribution is 5.99. The minimum Gasteiger partial charge on any atom is -0.493 e. The molecule has 8 heteroatoms. The van der Waals surface area contributed by atoms with Crippen molar-refractivity contribution >= 4 is 11.9 Å². The summed E-state index contributed by atoms with van der Waals surface area (Å²) in [4.78, 5) is 27.5. The summed E-state index contributed by atoms with van der Waals surface area (Å²) >= 11 is 0. The number of nitrogens with zero attached hydrogens (tertiary/aromatic N) is 1. The maximum Gasteiger partial charge on any atom is 0.336 e. The molecule has 1 atom stereocenters. The number of hydrogen-bond donors (Lipinski definition) is 0. The van der Waals surface area contributed by atoms with Crippen LogP contribution in [0.15, 0.2) is 41.7 Å². The minimum absolute atomic E-state index is 0.0251. The van der Waals surface area contributed by atoms with Gasteiger partial charge in [0.05, 0.1) is 51.1 Å². The second-order valence-electron chi connectivity index (χ2n) is 7.64. The number of carbonyl (C=O) groups excluding carboxylic acids is 2. The van der Waals surface area contributed by atoms with E-state index in [-0.39, 0.29) is 6.10 Å². The number of methoxy groups -OCH3 is 3. The molecule has 0 bridgehead atoms. The van der Waals surface area contributed by atoms with Gasteiger partial charge in [0, 0.05) is 31.1 Å². The van der Waals surface area contributed by atoms with Crippen LogP contribution in [-0.2, 0) is 23.8 Å². The first-order valence-electron chi connectivity index (χ1n) is 10.8. The van der Waals surface area contributed by atoms with Crippen LogP contribution in [0.2, 0.25) is 0 Å². The van der Waals surface area contributed by atoms with E-state index in [1.54, 1.807) is 36.5 Å². The Bertz CT molecular complexity index is 852. The Kier molecular flexibility index (Phi) is 8.16. The Morgan fingerprint density at radius 1 is 1.09 bits per heavy atom. The minimum atomic E-state index is -0.738. The van der Waals surface area contributed by atoms with E-state index in [0.717, 1.165) is 19.3 Å². The third-order valence-electron chi connectivity index (χ3n) is 5.50. The van der Waals surface area contributed by atoms with Gasteiger partial charge in [0.25, 0.3) is 0 Å². The highest BCUT2D eigenvalue weighted by atomic mass is 16.5. The summed E-state index contributed by atoms with van der Waals surface area (Å²) in [5.41, 5.74) is 1.24. The molecule has 0 N–H and O–H groups in total. The maximum absolute atomic E-state index is 12.9. The fraction of sp³-hybridized carbons (Fsp3) is 0.500. The van der Waals surface area contributed by atoms with Crippen LogP contribution in [0.3, 0.4) is 0 Å². The molecular formula is C24H31NO7. The van der Waals surface area contributed by atoms with Crippen molar-refractivity contribution < 1.29 is 33.3 Å². The van der Waals surface area contributed by atoms with Crippen molar-refractivity contribution in [2.75, 3.05) is 41.1 Å². The van der Waals surface area contributed by atoms with E-state index in [9.17, 15) is 9.59 Å². The maximum atomic E-state index is 12.9. The quantitative estimate of drug-likeness (QED) is 0.536. The lowest BCUT2D eigenvalue weighted by Crippen LogP contribution is -2.32. The molecule has 1 aromatic carbocycles. The Morgan fingerprint density at radius 2 is 1.78 bits per heavy atom. The first-order valence-corrected chi connectivity index (χ1v) is 10.8. The van der Waals surface area contributed by atoms with Gasteiger partial charge in [-0.3, -0.25) is 0 Å². The van der Waals surface area contributed by atoms with E-state index < -0.39 is 17.9 Å². The van der Waals surface area contributed by atoms with Crippen LogP contribution >= 0.6 is 0 Å². The average molecular weight is 446 g/mol. The predicted molar refractivity (Wildman–Crippen MR) is 117 cm³/mol. The average Bonchev–Trinajstić information content (AvgIpc) is 3.33. The highest BCUT2D eigenvalue weighted by Crippen LogP contribution is 2.44. The molecule has 0 aromatic heterocycles. The molecule has 8 nitrogen and oxygen atoms in total. The van der Waals surface area contributed by atoms with Gasteiger partial charge < -0.3 is 28.6 Å². The van der Waals surface area contributed by atoms with Crippen LogP contribution in [0.5, 0.6) is 11.5 Å². The van der Waals surface area contributed by atoms with E-state index in [4.69, 9.17) is 23.7 Å². The van der Waals surface area contributed by atoms with Gasteiger partial charge in [-0.15, -0.1) is 0 Å². The summed E-state index contributed by atoms with van der Waals surface area (Å²) in [5.74, 6) is -0.806. The van der Waals surface area contributed by atoms with Crippen LogP contribution in [0.25, 0.3) is 0 Å². The molecule has 174 valence electrons. The van der Waals surface area contributed by atoms with Gasteiger partial charge in [-0.05, 0) is 25.3 Å². The third-order valence-corrected chi connectivity index (χ3v) is 5.50. The third kappa shape index (κ3) is 5.07. The van der Waals surface area contributed by atoms with Gasteiger partial charge >= 0.3 is 11.9 Å². The van der Waals surface area contributed by atoms with Crippen molar-refractivity contribution in [1.82, 2.24) is 4.90 Å². The molecule has 32 heavy (non-hydrogen) atoms. The molecule has 1 unspecified atom stereocenters. The van der Waals surface area contributed by atoms with Crippen molar-refractivity contribution in [3.63, 3.8) is 0 Å². The first-order chi connectivity index (χ1) is 15.5. The number of benzene rings is 1. The lowest BCUT2D eigenvalue weighted by Gasteiger charge is -2.32. The van der Waals surface area contributed by atoms with Crippen LogP contribution < -0.4 is 9.47 Å². The van der Waals surface area contributed by atoms with Gasteiger partial charge in [0.15, 0.2) is 11.5 Å². The van der Waals surface area contributed by atoms with Crippen LogP contribution in [-0.4, -0.2) is 64.0 Å². The number of esters is 2. The second kappa shape index (κ2) is 11.0. The summed E-state index contributed by atoms with van der Waals surface area (Å²) in [5, 5.41) is 0. The second-order valence-corrected chi connectivity index (χ2v) is 7.64. The standard InChI is InChI=1S/C24H31NO7/c1-5-11-32-22-17(9-6-10-20(22)28-2)21-18(23(26)29-3)14-25(13-16-8-7-12-31-16)15-19(21)24(27)30-4/h6,9-10,14-16,21H,5,7-8,11-13H2,1-4H3. The largest absolute Gasteiger partial charge is 0.493 e. The fourth-order valence-electron chi connectivity index (χ4n) is 4.03. The van der Waals surface area contributed by atoms with Crippen molar-refractivity contribution in [2.24, 2.45) is 0 Å². The van der Waals surface area contributed by atoms with Crippen molar-refractivity contribution in [3.05, 3.63) is 47.3 Å². The highest BCUT2D eigenvalue weighted by Gasteiger charge is 2.38. The molecule has 2 heterocycles. The van der Waals surface area contributed by atoms with E-state index >= 15 is 0 Å². The van der Waals surface area contributed by atoms with Crippen LogP contribution in [0.4, 0.5) is 0 Å². The molecule has 2 aliphatic heterocycles. The first kappa shape index (κ1) is 23.7. The normalized spacial score (nSPS) is 18.6. The van der Waals surface area contributed by atoms with E-state index in [0.29, 0.717) is 48.0 Å². The van der Waals surface area contributed by atoms with Crippen molar-refractivity contribution in [3.8, 4) is 11.5 Å². The summed E-state index contributed by atoms with van der Waals surface area (Å²) in [6.45, 7) is 3.69. The molecule has 1 saturated heterocycles. The Hall–Kier alpha value is -3.00. The molecule has 2 aliphatic rings. The van der Waals surface area contributed by atoms with Crippen LogP contribution in [0, 0.1) is 0 Å². The molecule has 0 aliphatic carbocycles. The van der Waals surface area contributed by atoms with Gasteiger partial charge in [-0.1, -0.05) is 19.1 Å². The fourth-order valence-corrected chi connectivity index (χ4v) is 4.03. The smallest absolute Gasteiger partial charge is 0.336 e. The molecule has 0 spiro atoms. The molecule has 0 amide bonds. The zero-order chi connectivity index (χ0) is 23.1. The number of para-hydroxylation sites is 1. The van der Waals surface area contributed by atoms with Gasteiger partial charge in [-0.25, -0.2) is 9.59 Å². The van der Waals surface area contributed by atoms with E-state index in [2.05, 4.69) is 0 Å². The SMILES string of the molecule is CCCOc1c(OC)cccc1C1C(C(=O)OC)=CN(CC2CCCO2)C=C1C(=O)OC. The van der Waals surface area contributed by atoms with Crippen molar-refractivity contribution in [2.45, 2.75) is 38.2 Å². The number of hydrogen-bond acceptors (Lipinski definition) is 8. The summed E-state index contributed by atoms with van der Waals surface area (Å²) in [7, 11) is 4.19. The van der Waals surface area contributed by atoms with E-state index in [1.165, 1.54) is 14.2 Å². The van der Waals surface area contributed by atoms with Gasteiger partial charge in [-0.2, -0.15) is 0 Å². The molecule has 0 saturated carbocycles. The lowest BCUT2D eigenvalue weighted by atomic mass is 9.82. The summed E-state index contributed by atoms with van der Waals surface area (Å²) in [6, 6.07) is 5.40. The number of carbonyl (C=O) groups is 2. The monoisotopic (exact) mass is 445 g/mol. The van der Waals surface area contributed by atoms with Gasteiger partial charge in [0.1, 0.15) is 0 Å². The summed E-state index contributed by atoms with van der Waals surface area (Å²) < 4.78 is 27.4. The van der Waals surface area contributed by atoms with Gasteiger partial charge in [0.2, 0.25) is 0 Å². The molecule has 1 aromatic rings. The Labute approximate surface area is 188 Å². The van der Waals surface area contributed by atoms with E-state index in [1.807, 2.05) is 13.0 Å². The van der Waals surface area contributed by atoms with Crippen LogP contribution in [0.1, 0.15) is 37.7 Å². The number of rotatable bonds is 9. The molecular weight excluding hydrogens is 414 g/mol. The number of ether oxygens (including phenoxy) is 5. The Morgan fingerprint density at radius 3 is 2.31 bits per heavy atom. The lowest BCUT2D eigenvalue weighted by molar-refractivity contribution is -0.137. The molecule has 1 fully saturated rings. The Balaban J connectivity index is 2.11. The topological polar surface area (TPSA) is 83.5 Å².